The molecule has 0 bridgehead atoms. The molecule has 0 saturated heterocycles. The molecule has 1 aromatic rings. The number of ketones is 1. The van der Waals surface area contributed by atoms with Crippen molar-refractivity contribution in [3.63, 3.8) is 0 Å². The summed E-state index contributed by atoms with van der Waals surface area (Å²) in [6.07, 6.45) is 5.32. The summed E-state index contributed by atoms with van der Waals surface area (Å²) in [4.78, 5) is 10.6. The van der Waals surface area contributed by atoms with Crippen molar-refractivity contribution in [3.05, 3.63) is 36.2 Å². The molecule has 0 N–H and O–H groups in total. The molecular formula is C10H12NO+. The van der Waals surface area contributed by atoms with E-state index in [4.69, 9.17) is 0 Å². The summed E-state index contributed by atoms with van der Waals surface area (Å²) in [5, 5.41) is 0. The first-order chi connectivity index (χ1) is 5.70. The van der Waals surface area contributed by atoms with Crippen molar-refractivity contribution >= 4 is 11.9 Å². The second kappa shape index (κ2) is 3.81. The quantitative estimate of drug-likeness (QED) is 0.471. The van der Waals surface area contributed by atoms with Gasteiger partial charge in [-0.15, -0.1) is 0 Å². The molecule has 0 aromatic carbocycles. The third-order valence-corrected chi connectivity index (χ3v) is 1.58. The van der Waals surface area contributed by atoms with Gasteiger partial charge < -0.3 is 0 Å². The van der Waals surface area contributed by atoms with E-state index in [0.717, 1.165) is 5.69 Å². The van der Waals surface area contributed by atoms with Gasteiger partial charge >= 0.3 is 0 Å². The fourth-order valence-corrected chi connectivity index (χ4v) is 0.912. The summed E-state index contributed by atoms with van der Waals surface area (Å²) in [6, 6.07) is 5.85. The molecule has 0 atom stereocenters. The normalized spacial score (nSPS) is 10.5. The Morgan fingerprint density at radius 1 is 1.50 bits per heavy atom. The number of carbonyl (C=O) groups excluding carboxylic acids is 1. The summed E-state index contributed by atoms with van der Waals surface area (Å²) < 4.78 is 1.96. The maximum atomic E-state index is 10.6. The summed E-state index contributed by atoms with van der Waals surface area (Å²) in [5.41, 5.74) is 1.02. The maximum absolute atomic E-state index is 10.6. The van der Waals surface area contributed by atoms with Crippen molar-refractivity contribution in [2.75, 3.05) is 0 Å². The Morgan fingerprint density at radius 2 is 2.25 bits per heavy atom. The molecule has 0 amide bonds. The first-order valence-electron chi connectivity index (χ1n) is 3.83. The van der Waals surface area contributed by atoms with Gasteiger partial charge in [0.2, 0.25) is 5.69 Å². The van der Waals surface area contributed by atoms with Crippen LogP contribution >= 0.6 is 0 Å². The van der Waals surface area contributed by atoms with Crippen LogP contribution in [0.15, 0.2) is 30.5 Å². The molecule has 1 rings (SSSR count). The van der Waals surface area contributed by atoms with Gasteiger partial charge in [-0.05, 0) is 19.1 Å². The molecule has 0 aliphatic rings. The van der Waals surface area contributed by atoms with Crippen LogP contribution in [0.1, 0.15) is 12.6 Å². The van der Waals surface area contributed by atoms with Gasteiger partial charge in [0.25, 0.3) is 0 Å². The Balaban J connectivity index is 2.89. The summed E-state index contributed by atoms with van der Waals surface area (Å²) >= 11 is 0. The lowest BCUT2D eigenvalue weighted by Gasteiger charge is -1.90. The highest BCUT2D eigenvalue weighted by Gasteiger charge is 1.98. The molecule has 1 heterocycles. The molecule has 0 aliphatic carbocycles. The van der Waals surface area contributed by atoms with Gasteiger partial charge in [0.1, 0.15) is 7.05 Å². The Kier molecular flexibility index (Phi) is 2.75. The Bertz CT molecular complexity index is 315. The first kappa shape index (κ1) is 8.65. The zero-order chi connectivity index (χ0) is 8.97. The molecule has 62 valence electrons. The minimum atomic E-state index is 0.0684. The zero-order valence-corrected chi connectivity index (χ0v) is 7.32. The number of nitrogens with zero attached hydrogens (tertiary/aromatic N) is 1. The molecule has 0 radical (unpaired) electrons. The lowest BCUT2D eigenvalue weighted by atomic mass is 10.3. The molecule has 0 spiro atoms. The standard InChI is InChI=1S/C10H12NO/c1-9(12)6-7-10-5-3-4-8-11(10)2/h3-8H,1-2H3/q+1/b7-6-. The number of rotatable bonds is 2. The van der Waals surface area contributed by atoms with Crippen LogP contribution in [0, 0.1) is 0 Å². The Morgan fingerprint density at radius 3 is 2.83 bits per heavy atom. The first-order valence-corrected chi connectivity index (χ1v) is 3.83. The fraction of sp³-hybridized carbons (Fsp3) is 0.200. The second-order valence-electron chi connectivity index (χ2n) is 2.68. The van der Waals surface area contributed by atoms with Gasteiger partial charge in [-0.1, -0.05) is 0 Å². The fourth-order valence-electron chi connectivity index (χ4n) is 0.912. The number of carbonyl (C=O) groups is 1. The monoisotopic (exact) mass is 162 g/mol. The van der Waals surface area contributed by atoms with Crippen LogP contribution in [-0.2, 0) is 11.8 Å². The van der Waals surface area contributed by atoms with E-state index in [-0.39, 0.29) is 5.78 Å². The van der Waals surface area contributed by atoms with E-state index in [1.807, 2.05) is 42.1 Å². The van der Waals surface area contributed by atoms with E-state index in [9.17, 15) is 4.79 Å². The molecule has 12 heavy (non-hydrogen) atoms. The van der Waals surface area contributed by atoms with E-state index >= 15 is 0 Å². The van der Waals surface area contributed by atoms with Crippen LogP contribution in [0.2, 0.25) is 0 Å². The van der Waals surface area contributed by atoms with Crippen molar-refractivity contribution in [2.24, 2.45) is 7.05 Å². The minimum Gasteiger partial charge on any atom is -0.295 e. The van der Waals surface area contributed by atoms with Crippen molar-refractivity contribution in [3.8, 4) is 0 Å². The summed E-state index contributed by atoms with van der Waals surface area (Å²) in [6.45, 7) is 1.54. The second-order valence-corrected chi connectivity index (χ2v) is 2.68. The van der Waals surface area contributed by atoms with Gasteiger partial charge in [0.05, 0.1) is 0 Å². The van der Waals surface area contributed by atoms with E-state index in [2.05, 4.69) is 0 Å². The highest BCUT2D eigenvalue weighted by atomic mass is 16.1. The van der Waals surface area contributed by atoms with Crippen LogP contribution in [0.4, 0.5) is 0 Å². The maximum Gasteiger partial charge on any atom is 0.205 e. The number of pyridine rings is 1. The number of hydrogen-bond acceptors (Lipinski definition) is 1. The molecule has 0 fully saturated rings. The molecule has 0 unspecified atom stereocenters. The predicted molar refractivity (Wildman–Crippen MR) is 47.3 cm³/mol. The minimum absolute atomic E-state index is 0.0684. The van der Waals surface area contributed by atoms with Crippen molar-refractivity contribution in [1.82, 2.24) is 0 Å². The highest BCUT2D eigenvalue weighted by molar-refractivity contribution is 5.91. The summed E-state index contributed by atoms with van der Waals surface area (Å²) in [7, 11) is 1.94. The number of hydrogen-bond donors (Lipinski definition) is 0. The SMILES string of the molecule is CC(=O)/C=C\c1cccc[n+]1C. The van der Waals surface area contributed by atoms with Crippen LogP contribution in [0.25, 0.3) is 6.08 Å². The Labute approximate surface area is 72.2 Å². The third-order valence-electron chi connectivity index (χ3n) is 1.58. The van der Waals surface area contributed by atoms with Crippen molar-refractivity contribution in [2.45, 2.75) is 6.92 Å². The molecule has 2 nitrogen and oxygen atoms in total. The van der Waals surface area contributed by atoms with Crippen LogP contribution < -0.4 is 4.57 Å². The van der Waals surface area contributed by atoms with Gasteiger partial charge in [-0.25, -0.2) is 4.57 Å². The van der Waals surface area contributed by atoms with Gasteiger partial charge in [-0.3, -0.25) is 4.79 Å². The van der Waals surface area contributed by atoms with Gasteiger partial charge in [0, 0.05) is 18.2 Å². The molecule has 1 aromatic heterocycles. The van der Waals surface area contributed by atoms with E-state index in [1.54, 1.807) is 13.0 Å². The molecular weight excluding hydrogens is 150 g/mol. The average Bonchev–Trinajstić information content (AvgIpc) is 2.03. The summed E-state index contributed by atoms with van der Waals surface area (Å²) in [5.74, 6) is 0.0684. The molecule has 0 aliphatic heterocycles. The van der Waals surface area contributed by atoms with E-state index in [0.29, 0.717) is 0 Å². The lowest BCUT2D eigenvalue weighted by molar-refractivity contribution is -0.673. The Hall–Kier alpha value is -1.44. The van der Waals surface area contributed by atoms with Gasteiger partial charge in [0.15, 0.2) is 12.0 Å². The highest BCUT2D eigenvalue weighted by Crippen LogP contribution is 1.93. The molecule has 0 saturated carbocycles. The third kappa shape index (κ3) is 2.31. The number of aryl methyl sites for hydroxylation is 1. The zero-order valence-electron chi connectivity index (χ0n) is 7.32. The number of aromatic nitrogens is 1. The largest absolute Gasteiger partial charge is 0.295 e. The topological polar surface area (TPSA) is 20.9 Å². The van der Waals surface area contributed by atoms with Crippen LogP contribution in [0.3, 0.4) is 0 Å². The number of allylic oxidation sites excluding steroid dienone is 1. The van der Waals surface area contributed by atoms with Crippen LogP contribution in [-0.4, -0.2) is 5.78 Å². The van der Waals surface area contributed by atoms with E-state index < -0.39 is 0 Å². The average molecular weight is 162 g/mol. The molecule has 2 heteroatoms. The van der Waals surface area contributed by atoms with Gasteiger partial charge in [-0.2, -0.15) is 0 Å². The van der Waals surface area contributed by atoms with E-state index in [1.165, 1.54) is 0 Å². The van der Waals surface area contributed by atoms with Crippen molar-refractivity contribution < 1.29 is 9.36 Å². The van der Waals surface area contributed by atoms with Crippen molar-refractivity contribution in [1.29, 1.82) is 0 Å². The predicted octanol–water partition coefficient (Wildman–Crippen LogP) is 1.11. The van der Waals surface area contributed by atoms with Crippen LogP contribution in [0.5, 0.6) is 0 Å². The smallest absolute Gasteiger partial charge is 0.205 e. The lowest BCUT2D eigenvalue weighted by Crippen LogP contribution is -2.30.